The summed E-state index contributed by atoms with van der Waals surface area (Å²) in [5.74, 6) is 0.201. The topological polar surface area (TPSA) is 59.8 Å². The summed E-state index contributed by atoms with van der Waals surface area (Å²) in [6.45, 7) is 6.38. The highest BCUT2D eigenvalue weighted by atomic mass is 32.2. The predicted octanol–water partition coefficient (Wildman–Crippen LogP) is 5.65. The van der Waals surface area contributed by atoms with E-state index in [2.05, 4.69) is 64.9 Å². The van der Waals surface area contributed by atoms with Crippen molar-refractivity contribution in [2.75, 3.05) is 11.1 Å². The molecule has 0 aliphatic heterocycles. The van der Waals surface area contributed by atoms with Crippen molar-refractivity contribution in [1.29, 1.82) is 0 Å². The van der Waals surface area contributed by atoms with E-state index in [1.54, 1.807) is 6.20 Å². The predicted molar refractivity (Wildman–Crippen MR) is 126 cm³/mol. The second kappa shape index (κ2) is 9.02. The molecule has 0 saturated carbocycles. The van der Waals surface area contributed by atoms with E-state index in [9.17, 15) is 4.79 Å². The van der Waals surface area contributed by atoms with Crippen LogP contribution in [-0.2, 0) is 17.6 Å². The van der Waals surface area contributed by atoms with Gasteiger partial charge in [-0.3, -0.25) is 9.36 Å². The van der Waals surface area contributed by atoms with E-state index >= 15 is 0 Å². The van der Waals surface area contributed by atoms with Crippen LogP contribution in [0.3, 0.4) is 0 Å². The normalized spacial score (nSPS) is 11.2. The number of benzene rings is 2. The van der Waals surface area contributed by atoms with Crippen molar-refractivity contribution in [3.63, 3.8) is 0 Å². The minimum Gasteiger partial charge on any atom is -0.301 e. The van der Waals surface area contributed by atoms with E-state index in [4.69, 9.17) is 0 Å². The summed E-state index contributed by atoms with van der Waals surface area (Å²) in [4.78, 5) is 21.5. The van der Waals surface area contributed by atoms with E-state index in [1.165, 1.54) is 45.5 Å². The maximum atomic E-state index is 12.5. The van der Waals surface area contributed by atoms with Crippen molar-refractivity contribution < 1.29 is 4.79 Å². The molecule has 1 amide bonds. The number of aromatic nitrogens is 3. The fraction of sp³-hybridized carbons (Fsp3) is 0.261. The Morgan fingerprint density at radius 1 is 1.17 bits per heavy atom. The molecule has 0 saturated heterocycles. The maximum Gasteiger partial charge on any atom is 0.236 e. The summed E-state index contributed by atoms with van der Waals surface area (Å²) >= 11 is 2.94. The lowest BCUT2D eigenvalue weighted by Gasteiger charge is -2.16. The van der Waals surface area contributed by atoms with Crippen LogP contribution in [0.1, 0.15) is 30.5 Å². The van der Waals surface area contributed by atoms with Gasteiger partial charge in [0, 0.05) is 12.4 Å². The van der Waals surface area contributed by atoms with Crippen molar-refractivity contribution in [3.8, 4) is 5.69 Å². The number of carbonyl (C=O) groups is 1. The highest BCUT2D eigenvalue weighted by Crippen LogP contribution is 2.29. The average molecular weight is 437 g/mol. The molecule has 0 fully saturated rings. The molecule has 154 valence electrons. The number of nitrogens with zero attached hydrogens (tertiary/aromatic N) is 3. The second-order valence-electron chi connectivity index (χ2n) is 7.04. The highest BCUT2D eigenvalue weighted by Gasteiger charge is 2.15. The van der Waals surface area contributed by atoms with Gasteiger partial charge in [0.15, 0.2) is 10.3 Å². The number of hydrogen-bond acceptors (Lipinski definition) is 5. The van der Waals surface area contributed by atoms with Crippen molar-refractivity contribution >= 4 is 44.4 Å². The lowest BCUT2D eigenvalue weighted by atomic mass is 10.0. The Bertz CT molecular complexity index is 1170. The van der Waals surface area contributed by atoms with Crippen LogP contribution in [0, 0.1) is 6.92 Å². The number of rotatable bonds is 7. The fourth-order valence-corrected chi connectivity index (χ4v) is 5.20. The third-order valence-electron chi connectivity index (χ3n) is 4.94. The molecule has 0 atom stereocenters. The van der Waals surface area contributed by atoms with Crippen LogP contribution in [0.4, 0.5) is 5.13 Å². The molecule has 30 heavy (non-hydrogen) atoms. The fourth-order valence-electron chi connectivity index (χ4n) is 3.46. The lowest BCUT2D eigenvalue weighted by Crippen LogP contribution is -2.14. The number of anilines is 1. The molecular weight excluding hydrogens is 412 g/mol. The molecule has 0 aliphatic rings. The average Bonchev–Trinajstić information content (AvgIpc) is 3.37. The van der Waals surface area contributed by atoms with Gasteiger partial charge in [0.1, 0.15) is 0 Å². The van der Waals surface area contributed by atoms with Crippen LogP contribution in [0.15, 0.2) is 53.9 Å². The van der Waals surface area contributed by atoms with Crippen LogP contribution in [0.2, 0.25) is 0 Å². The van der Waals surface area contributed by atoms with Gasteiger partial charge in [-0.2, -0.15) is 0 Å². The molecule has 2 aromatic heterocycles. The van der Waals surface area contributed by atoms with Gasteiger partial charge >= 0.3 is 0 Å². The molecular formula is C23H24N4OS2. The number of thiazole rings is 1. The van der Waals surface area contributed by atoms with Crippen LogP contribution < -0.4 is 5.32 Å². The number of hydrogen-bond donors (Lipinski definition) is 1. The van der Waals surface area contributed by atoms with Gasteiger partial charge in [-0.05, 0) is 48.6 Å². The van der Waals surface area contributed by atoms with Gasteiger partial charge in [0.25, 0.3) is 0 Å². The summed E-state index contributed by atoms with van der Waals surface area (Å²) in [6, 6.07) is 12.5. The standard InChI is InChI=1S/C23H24N4OS2/c1-4-16-7-6-8-17(5-2)21(16)27-12-11-24-23(27)29-14-20(28)26-22-25-18-10-9-15(3)13-19(18)30-22/h6-13H,4-5,14H2,1-3H3,(H,25,26,28). The first-order valence-corrected chi connectivity index (χ1v) is 11.8. The zero-order valence-corrected chi connectivity index (χ0v) is 18.9. The Morgan fingerprint density at radius 2 is 1.93 bits per heavy atom. The molecule has 1 N–H and O–H groups in total. The zero-order valence-electron chi connectivity index (χ0n) is 17.3. The Morgan fingerprint density at radius 3 is 2.67 bits per heavy atom. The van der Waals surface area contributed by atoms with Crippen LogP contribution in [0.25, 0.3) is 15.9 Å². The Kier molecular flexibility index (Phi) is 6.20. The minimum atomic E-state index is -0.0789. The number of nitrogens with one attached hydrogen (secondary N) is 1. The first-order chi connectivity index (χ1) is 14.6. The van der Waals surface area contributed by atoms with E-state index in [1.807, 2.05) is 18.3 Å². The molecule has 7 heteroatoms. The summed E-state index contributed by atoms with van der Waals surface area (Å²) in [5.41, 5.74) is 5.84. The first kappa shape index (κ1) is 20.6. The van der Waals surface area contributed by atoms with Gasteiger partial charge in [-0.25, -0.2) is 9.97 Å². The molecule has 2 heterocycles. The quantitative estimate of drug-likeness (QED) is 0.381. The van der Waals surface area contributed by atoms with Gasteiger partial charge in [0.05, 0.1) is 21.7 Å². The number of para-hydroxylation sites is 1. The van der Waals surface area contributed by atoms with Gasteiger partial charge in [-0.1, -0.05) is 61.2 Å². The maximum absolute atomic E-state index is 12.5. The molecule has 5 nitrogen and oxygen atoms in total. The molecule has 0 bridgehead atoms. The zero-order chi connectivity index (χ0) is 21.1. The Hall–Kier alpha value is -2.64. The van der Waals surface area contributed by atoms with Crippen molar-refractivity contribution in [2.24, 2.45) is 0 Å². The molecule has 0 radical (unpaired) electrons. The molecule has 0 unspecified atom stereocenters. The van der Waals surface area contributed by atoms with Crippen molar-refractivity contribution in [1.82, 2.24) is 14.5 Å². The van der Waals surface area contributed by atoms with Crippen LogP contribution in [0.5, 0.6) is 0 Å². The SMILES string of the molecule is CCc1cccc(CC)c1-n1ccnc1SCC(=O)Nc1nc2ccc(C)cc2s1. The minimum absolute atomic E-state index is 0.0789. The number of fused-ring (bicyclic) bond motifs is 1. The third kappa shape index (κ3) is 4.27. The second-order valence-corrected chi connectivity index (χ2v) is 9.01. The van der Waals surface area contributed by atoms with Gasteiger partial charge in [0.2, 0.25) is 5.91 Å². The number of thioether (sulfide) groups is 1. The monoisotopic (exact) mass is 436 g/mol. The van der Waals surface area contributed by atoms with Crippen LogP contribution >= 0.6 is 23.1 Å². The number of imidazole rings is 1. The Balaban J connectivity index is 1.49. The molecule has 2 aromatic carbocycles. The summed E-state index contributed by atoms with van der Waals surface area (Å²) < 4.78 is 3.19. The van der Waals surface area contributed by atoms with Crippen LogP contribution in [-0.4, -0.2) is 26.2 Å². The van der Waals surface area contributed by atoms with Crippen molar-refractivity contribution in [2.45, 2.75) is 38.8 Å². The molecule has 4 aromatic rings. The van der Waals surface area contributed by atoms with Gasteiger partial charge in [-0.15, -0.1) is 0 Å². The largest absolute Gasteiger partial charge is 0.301 e. The number of amides is 1. The van der Waals surface area contributed by atoms with E-state index in [0.717, 1.165) is 28.2 Å². The molecule has 0 spiro atoms. The summed E-state index contributed by atoms with van der Waals surface area (Å²) in [5, 5.41) is 4.38. The lowest BCUT2D eigenvalue weighted by molar-refractivity contribution is -0.113. The summed E-state index contributed by atoms with van der Waals surface area (Å²) in [7, 11) is 0. The summed E-state index contributed by atoms with van der Waals surface area (Å²) in [6.07, 6.45) is 5.66. The molecule has 4 rings (SSSR count). The van der Waals surface area contributed by atoms with E-state index in [0.29, 0.717) is 5.13 Å². The Labute approximate surface area is 184 Å². The number of carbonyl (C=O) groups excluding carboxylic acids is 1. The van der Waals surface area contributed by atoms with E-state index in [-0.39, 0.29) is 11.7 Å². The molecule has 0 aliphatic carbocycles. The highest BCUT2D eigenvalue weighted by molar-refractivity contribution is 7.99. The van der Waals surface area contributed by atoms with E-state index < -0.39 is 0 Å². The smallest absolute Gasteiger partial charge is 0.236 e. The van der Waals surface area contributed by atoms with Crippen molar-refractivity contribution in [3.05, 3.63) is 65.5 Å². The third-order valence-corrected chi connectivity index (χ3v) is 6.84. The first-order valence-electron chi connectivity index (χ1n) is 10.0. The van der Waals surface area contributed by atoms with Gasteiger partial charge < -0.3 is 5.32 Å². The number of aryl methyl sites for hydroxylation is 3.